The maximum absolute atomic E-state index is 13.3. The van der Waals surface area contributed by atoms with Crippen molar-refractivity contribution in [3.05, 3.63) is 82.6 Å². The predicted molar refractivity (Wildman–Crippen MR) is 134 cm³/mol. The van der Waals surface area contributed by atoms with Gasteiger partial charge in [-0.15, -0.1) is 0 Å². The zero-order valence-corrected chi connectivity index (χ0v) is 21.2. The van der Waals surface area contributed by atoms with Crippen LogP contribution in [0.4, 0.5) is 0 Å². The van der Waals surface area contributed by atoms with Gasteiger partial charge in [0.05, 0.1) is 12.1 Å². The van der Waals surface area contributed by atoms with Gasteiger partial charge in [0.25, 0.3) is 0 Å². The summed E-state index contributed by atoms with van der Waals surface area (Å²) in [4.78, 5) is 13.1. The summed E-state index contributed by atoms with van der Waals surface area (Å²) in [7, 11) is -2.55. The van der Waals surface area contributed by atoms with Crippen molar-refractivity contribution in [2.24, 2.45) is 0 Å². The van der Waals surface area contributed by atoms with Crippen molar-refractivity contribution in [2.75, 3.05) is 7.11 Å². The van der Waals surface area contributed by atoms with Gasteiger partial charge in [-0.1, -0.05) is 35.9 Å². The van der Waals surface area contributed by atoms with Gasteiger partial charge in [0, 0.05) is 18.8 Å². The Labute approximate surface area is 210 Å². The largest absolute Gasteiger partial charge is 0.497 e. The molecule has 10 heteroatoms. The number of carbonyl (C=O) groups is 1. The highest BCUT2D eigenvalue weighted by molar-refractivity contribution is 7.89. The number of aryl methyl sites for hydroxylation is 1. The molecule has 0 fully saturated rings. The Balaban J connectivity index is 1.85. The van der Waals surface area contributed by atoms with Crippen LogP contribution in [0.25, 0.3) is 0 Å². The molecular formula is C25H27ClN4O4S. The van der Waals surface area contributed by atoms with Gasteiger partial charge in [-0.2, -0.15) is 9.98 Å². The highest BCUT2D eigenvalue weighted by Crippen LogP contribution is 2.26. The highest BCUT2D eigenvalue weighted by atomic mass is 35.5. The minimum absolute atomic E-state index is 0.0686. The van der Waals surface area contributed by atoms with Crippen molar-refractivity contribution in [1.29, 1.82) is 5.26 Å². The molecule has 0 spiro atoms. The fraction of sp³-hybridized carbons (Fsp3) is 0.280. The summed E-state index contributed by atoms with van der Waals surface area (Å²) >= 11 is 6.20. The SMILES string of the molecule is COc1ccc(CNC(=O)C(CC(C)n2cccc2C#N)NS(=O)(=O)c2c(C)cccc2Cl)cc1. The first-order valence-electron chi connectivity index (χ1n) is 10.9. The van der Waals surface area contributed by atoms with Crippen LogP contribution in [0.2, 0.25) is 5.02 Å². The summed E-state index contributed by atoms with van der Waals surface area (Å²) in [5, 5.41) is 12.2. The molecule has 1 amide bonds. The Morgan fingerprint density at radius 3 is 2.51 bits per heavy atom. The summed E-state index contributed by atoms with van der Waals surface area (Å²) in [6.45, 7) is 3.66. The zero-order valence-electron chi connectivity index (χ0n) is 19.7. The highest BCUT2D eigenvalue weighted by Gasteiger charge is 2.30. The van der Waals surface area contributed by atoms with Gasteiger partial charge in [-0.05, 0) is 61.7 Å². The first-order chi connectivity index (χ1) is 16.7. The smallest absolute Gasteiger partial charge is 0.243 e. The number of methoxy groups -OCH3 is 1. The number of carbonyl (C=O) groups excluding carboxylic acids is 1. The minimum Gasteiger partial charge on any atom is -0.497 e. The standard InChI is InChI=1S/C25H27ClN4O4S/c1-17-6-4-8-22(26)24(17)35(32,33)29-23(14-18(2)30-13-5-7-20(30)15-27)25(31)28-16-19-9-11-21(34-3)12-10-19/h4-13,18,23,29H,14,16H2,1-3H3,(H,28,31). The number of nitrogens with one attached hydrogen (secondary N) is 2. The van der Waals surface area contributed by atoms with Crippen LogP contribution in [0.15, 0.2) is 65.7 Å². The molecule has 2 N–H and O–H groups in total. The number of sulfonamides is 1. The maximum atomic E-state index is 13.3. The zero-order chi connectivity index (χ0) is 25.6. The van der Waals surface area contributed by atoms with Gasteiger partial charge in [0.2, 0.25) is 15.9 Å². The number of ether oxygens (including phenoxy) is 1. The molecule has 0 aliphatic carbocycles. The van der Waals surface area contributed by atoms with Crippen molar-refractivity contribution in [1.82, 2.24) is 14.6 Å². The van der Waals surface area contributed by atoms with Crippen molar-refractivity contribution in [3.63, 3.8) is 0 Å². The second-order valence-corrected chi connectivity index (χ2v) is 10.2. The molecule has 0 saturated heterocycles. The average Bonchev–Trinajstić information content (AvgIpc) is 3.31. The Kier molecular flexibility index (Phi) is 8.57. The molecule has 1 aromatic heterocycles. The molecule has 3 aromatic rings. The number of rotatable bonds is 10. The number of hydrogen-bond donors (Lipinski definition) is 2. The Morgan fingerprint density at radius 1 is 1.17 bits per heavy atom. The normalized spacial score (nSPS) is 13.0. The lowest BCUT2D eigenvalue weighted by molar-refractivity contribution is -0.123. The van der Waals surface area contributed by atoms with Crippen LogP contribution >= 0.6 is 11.6 Å². The van der Waals surface area contributed by atoms with Crippen molar-refractivity contribution in [3.8, 4) is 11.8 Å². The third-order valence-electron chi connectivity index (χ3n) is 5.62. The quantitative estimate of drug-likeness (QED) is 0.425. The second-order valence-electron chi connectivity index (χ2n) is 8.12. The molecule has 3 rings (SSSR count). The van der Waals surface area contributed by atoms with E-state index in [0.717, 1.165) is 5.56 Å². The molecule has 0 radical (unpaired) electrons. The van der Waals surface area contributed by atoms with E-state index in [2.05, 4.69) is 16.1 Å². The number of amides is 1. The van der Waals surface area contributed by atoms with Crippen molar-refractivity contribution in [2.45, 2.75) is 43.8 Å². The lowest BCUT2D eigenvalue weighted by Gasteiger charge is -2.24. The Hall–Kier alpha value is -3.32. The monoisotopic (exact) mass is 514 g/mol. The number of hydrogen-bond acceptors (Lipinski definition) is 5. The van der Waals surface area contributed by atoms with Crippen LogP contribution in [0.3, 0.4) is 0 Å². The maximum Gasteiger partial charge on any atom is 0.243 e. The summed E-state index contributed by atoms with van der Waals surface area (Å²) in [6.07, 6.45) is 1.84. The van der Waals surface area contributed by atoms with Crippen molar-refractivity contribution >= 4 is 27.5 Å². The Morgan fingerprint density at radius 2 is 1.89 bits per heavy atom. The third-order valence-corrected chi connectivity index (χ3v) is 7.72. The third kappa shape index (κ3) is 6.42. The van der Waals surface area contributed by atoms with E-state index in [1.165, 1.54) is 6.07 Å². The second kappa shape index (κ2) is 11.4. The van der Waals surface area contributed by atoms with E-state index in [9.17, 15) is 18.5 Å². The van der Waals surface area contributed by atoms with E-state index in [4.69, 9.17) is 16.3 Å². The summed E-state index contributed by atoms with van der Waals surface area (Å²) in [5.74, 6) is 0.196. The van der Waals surface area contributed by atoms with E-state index in [1.54, 1.807) is 61.2 Å². The van der Waals surface area contributed by atoms with Crippen LogP contribution in [0.5, 0.6) is 5.75 Å². The molecule has 0 aliphatic rings. The van der Waals surface area contributed by atoms with E-state index in [0.29, 0.717) is 17.0 Å². The molecule has 0 aliphatic heterocycles. The molecule has 35 heavy (non-hydrogen) atoms. The number of nitriles is 1. The van der Waals surface area contributed by atoms with Crippen molar-refractivity contribution < 1.29 is 17.9 Å². The van der Waals surface area contributed by atoms with E-state index < -0.39 is 22.0 Å². The summed E-state index contributed by atoms with van der Waals surface area (Å²) < 4.78 is 35.9. The van der Waals surface area contributed by atoms with Gasteiger partial charge in [0.15, 0.2) is 0 Å². The van der Waals surface area contributed by atoms with Crippen LogP contribution in [0, 0.1) is 18.3 Å². The lowest BCUT2D eigenvalue weighted by Crippen LogP contribution is -2.47. The molecule has 2 aromatic carbocycles. The van der Waals surface area contributed by atoms with Gasteiger partial charge in [-0.3, -0.25) is 4.79 Å². The van der Waals surface area contributed by atoms with Crippen LogP contribution in [0.1, 0.15) is 36.2 Å². The molecule has 1 heterocycles. The lowest BCUT2D eigenvalue weighted by atomic mass is 10.1. The average molecular weight is 515 g/mol. The Bertz CT molecular complexity index is 1310. The minimum atomic E-state index is -4.12. The van der Waals surface area contributed by atoms with Crippen LogP contribution in [-0.2, 0) is 21.4 Å². The molecule has 2 unspecified atom stereocenters. The molecular weight excluding hydrogens is 488 g/mol. The molecule has 0 saturated carbocycles. The first-order valence-corrected chi connectivity index (χ1v) is 12.8. The molecule has 0 bridgehead atoms. The van der Waals surface area contributed by atoms with E-state index in [-0.39, 0.29) is 28.9 Å². The molecule has 184 valence electrons. The van der Waals surface area contributed by atoms with E-state index in [1.807, 2.05) is 19.1 Å². The molecule has 8 nitrogen and oxygen atoms in total. The number of aromatic nitrogens is 1. The van der Waals surface area contributed by atoms with E-state index >= 15 is 0 Å². The number of halogens is 1. The fourth-order valence-corrected chi connectivity index (χ4v) is 5.83. The first kappa shape index (κ1) is 26.3. The summed E-state index contributed by atoms with van der Waals surface area (Å²) in [6, 6.07) is 16.0. The number of benzene rings is 2. The van der Waals surface area contributed by atoms with Gasteiger partial charge in [-0.25, -0.2) is 8.42 Å². The van der Waals surface area contributed by atoms with Gasteiger partial charge >= 0.3 is 0 Å². The topological polar surface area (TPSA) is 113 Å². The molecule has 2 atom stereocenters. The van der Waals surface area contributed by atoms with Crippen LogP contribution in [-0.4, -0.2) is 32.0 Å². The van der Waals surface area contributed by atoms with Crippen LogP contribution < -0.4 is 14.8 Å². The van der Waals surface area contributed by atoms with Gasteiger partial charge < -0.3 is 14.6 Å². The fourth-order valence-electron chi connectivity index (χ4n) is 3.79. The predicted octanol–water partition coefficient (Wildman–Crippen LogP) is 3.94. The summed E-state index contributed by atoms with van der Waals surface area (Å²) in [5.41, 5.74) is 1.71. The number of nitrogens with zero attached hydrogens (tertiary/aromatic N) is 2. The van der Waals surface area contributed by atoms with Gasteiger partial charge in [0.1, 0.15) is 28.4 Å².